The Morgan fingerprint density at radius 1 is 1.00 bits per heavy atom. The average Bonchev–Trinajstić information content (AvgIpc) is 2.69. The number of azo groups is 1. The minimum Gasteiger partial charge on any atom is -0.507 e. The maximum absolute atomic E-state index is 12.7. The minimum absolute atomic E-state index is 0.151. The van der Waals surface area contributed by atoms with Crippen molar-refractivity contribution in [1.82, 2.24) is 0 Å². The molecule has 3 rings (SSSR count). The molecule has 0 heterocycles. The fraction of sp³-hybridized carbons (Fsp3) is 0.136. The zero-order valence-corrected chi connectivity index (χ0v) is 15.2. The topological polar surface area (TPSA) is 71.2 Å². The Kier molecular flexibility index (Phi) is 5.61. The van der Waals surface area contributed by atoms with E-state index >= 15 is 0 Å². The Morgan fingerprint density at radius 3 is 2.37 bits per heavy atom. The number of ketones is 1. The van der Waals surface area contributed by atoms with Gasteiger partial charge in [0.1, 0.15) is 11.4 Å². The Bertz CT molecular complexity index is 965. The molecule has 0 saturated heterocycles. The maximum Gasteiger partial charge on any atom is 0.196 e. The van der Waals surface area contributed by atoms with E-state index < -0.39 is 0 Å². The van der Waals surface area contributed by atoms with Crippen LogP contribution in [0.25, 0.3) is 0 Å². The van der Waals surface area contributed by atoms with Crippen LogP contribution in [0, 0.1) is 6.92 Å². The van der Waals surface area contributed by atoms with Gasteiger partial charge < -0.3 is 9.84 Å². The Balaban J connectivity index is 2.00. The van der Waals surface area contributed by atoms with E-state index in [0.717, 1.165) is 5.56 Å². The predicted molar refractivity (Wildman–Crippen MR) is 105 cm³/mol. The standard InChI is InChI=1S/C22H20N2O3/c1-3-27-21-14-20(25)18(22(26)16-7-5-4-6-8-16)13-19(21)24-23-17-11-9-15(2)10-12-17/h4-14,25H,3H2,1-2H3. The van der Waals surface area contributed by atoms with E-state index in [-0.39, 0.29) is 17.1 Å². The van der Waals surface area contributed by atoms with Gasteiger partial charge in [-0.15, -0.1) is 5.11 Å². The second-order valence-electron chi connectivity index (χ2n) is 6.00. The lowest BCUT2D eigenvalue weighted by molar-refractivity contribution is 0.103. The van der Waals surface area contributed by atoms with Gasteiger partial charge in [-0.05, 0) is 32.0 Å². The average molecular weight is 360 g/mol. The van der Waals surface area contributed by atoms with Gasteiger partial charge in [0.05, 0.1) is 17.9 Å². The zero-order chi connectivity index (χ0) is 19.2. The van der Waals surface area contributed by atoms with E-state index in [1.54, 1.807) is 24.3 Å². The van der Waals surface area contributed by atoms with Crippen LogP contribution in [-0.2, 0) is 0 Å². The summed E-state index contributed by atoms with van der Waals surface area (Å²) < 4.78 is 5.54. The van der Waals surface area contributed by atoms with Crippen LogP contribution in [0.3, 0.4) is 0 Å². The first-order chi connectivity index (χ1) is 13.1. The molecule has 0 aliphatic rings. The first kappa shape index (κ1) is 18.3. The third-order valence-corrected chi connectivity index (χ3v) is 3.96. The summed E-state index contributed by atoms with van der Waals surface area (Å²) in [4.78, 5) is 12.7. The highest BCUT2D eigenvalue weighted by Crippen LogP contribution is 2.36. The van der Waals surface area contributed by atoms with E-state index in [9.17, 15) is 9.90 Å². The summed E-state index contributed by atoms with van der Waals surface area (Å²) in [6, 6.07) is 19.3. The molecule has 27 heavy (non-hydrogen) atoms. The molecule has 0 atom stereocenters. The number of ether oxygens (including phenoxy) is 1. The van der Waals surface area contributed by atoms with E-state index in [4.69, 9.17) is 4.74 Å². The monoisotopic (exact) mass is 360 g/mol. The molecule has 3 aromatic rings. The molecule has 1 N–H and O–H groups in total. The quantitative estimate of drug-likeness (QED) is 0.450. The lowest BCUT2D eigenvalue weighted by Gasteiger charge is -2.10. The molecule has 0 aliphatic carbocycles. The maximum atomic E-state index is 12.7. The van der Waals surface area contributed by atoms with E-state index in [0.29, 0.717) is 29.3 Å². The molecule has 136 valence electrons. The second-order valence-corrected chi connectivity index (χ2v) is 6.00. The first-order valence-corrected chi connectivity index (χ1v) is 8.66. The summed E-state index contributed by atoms with van der Waals surface area (Å²) in [7, 11) is 0. The van der Waals surface area contributed by atoms with Crippen molar-refractivity contribution < 1.29 is 14.6 Å². The smallest absolute Gasteiger partial charge is 0.196 e. The number of phenols is 1. The van der Waals surface area contributed by atoms with Crippen LogP contribution in [-0.4, -0.2) is 17.5 Å². The number of phenolic OH excluding ortho intramolecular Hbond substituents is 1. The fourth-order valence-electron chi connectivity index (χ4n) is 2.56. The summed E-state index contributed by atoms with van der Waals surface area (Å²) in [5, 5.41) is 18.8. The number of carbonyl (C=O) groups is 1. The third-order valence-electron chi connectivity index (χ3n) is 3.96. The fourth-order valence-corrected chi connectivity index (χ4v) is 2.56. The van der Waals surface area contributed by atoms with Gasteiger partial charge in [0.2, 0.25) is 0 Å². The lowest BCUT2D eigenvalue weighted by Crippen LogP contribution is -2.02. The number of aryl methyl sites for hydroxylation is 1. The second kappa shape index (κ2) is 8.27. The Morgan fingerprint density at radius 2 is 1.70 bits per heavy atom. The summed E-state index contributed by atoms with van der Waals surface area (Å²) in [5.74, 6) is -0.0694. The third kappa shape index (κ3) is 4.39. The molecular weight excluding hydrogens is 340 g/mol. The van der Waals surface area contributed by atoms with Crippen LogP contribution in [0.2, 0.25) is 0 Å². The summed E-state index contributed by atoms with van der Waals surface area (Å²) in [6.45, 7) is 4.23. The molecule has 0 aliphatic heterocycles. The van der Waals surface area contributed by atoms with Crippen LogP contribution < -0.4 is 4.74 Å². The minimum atomic E-state index is -0.289. The van der Waals surface area contributed by atoms with Crippen molar-refractivity contribution in [2.45, 2.75) is 13.8 Å². The number of aromatic hydroxyl groups is 1. The van der Waals surface area contributed by atoms with Crippen molar-refractivity contribution in [2.75, 3.05) is 6.61 Å². The van der Waals surface area contributed by atoms with Crippen molar-refractivity contribution in [3.63, 3.8) is 0 Å². The summed E-state index contributed by atoms with van der Waals surface area (Å²) >= 11 is 0. The number of hydrogen-bond donors (Lipinski definition) is 1. The summed E-state index contributed by atoms with van der Waals surface area (Å²) in [5.41, 5.74) is 2.84. The number of carbonyl (C=O) groups excluding carboxylic acids is 1. The van der Waals surface area contributed by atoms with Gasteiger partial charge in [0.25, 0.3) is 0 Å². The molecule has 0 fully saturated rings. The van der Waals surface area contributed by atoms with Crippen molar-refractivity contribution in [2.24, 2.45) is 10.2 Å². The van der Waals surface area contributed by atoms with Crippen LogP contribution in [0.4, 0.5) is 11.4 Å². The van der Waals surface area contributed by atoms with Crippen LogP contribution >= 0.6 is 0 Å². The van der Waals surface area contributed by atoms with Gasteiger partial charge in [-0.1, -0.05) is 48.0 Å². The van der Waals surface area contributed by atoms with Gasteiger partial charge in [-0.2, -0.15) is 5.11 Å². The molecule has 0 saturated carbocycles. The normalized spacial score (nSPS) is 10.9. The predicted octanol–water partition coefficient (Wildman–Crippen LogP) is 5.75. The van der Waals surface area contributed by atoms with Gasteiger partial charge in [-0.3, -0.25) is 4.79 Å². The number of hydrogen-bond acceptors (Lipinski definition) is 5. The van der Waals surface area contributed by atoms with Crippen molar-refractivity contribution in [3.05, 3.63) is 83.4 Å². The molecular formula is C22H20N2O3. The van der Waals surface area contributed by atoms with Gasteiger partial charge in [-0.25, -0.2) is 0 Å². The van der Waals surface area contributed by atoms with Crippen LogP contribution in [0.5, 0.6) is 11.5 Å². The van der Waals surface area contributed by atoms with Gasteiger partial charge in [0.15, 0.2) is 11.5 Å². The van der Waals surface area contributed by atoms with Crippen LogP contribution in [0.15, 0.2) is 77.0 Å². The Labute approximate surface area is 158 Å². The van der Waals surface area contributed by atoms with E-state index in [1.807, 2.05) is 44.2 Å². The molecule has 5 nitrogen and oxygen atoms in total. The van der Waals surface area contributed by atoms with Gasteiger partial charge in [0, 0.05) is 11.6 Å². The molecule has 0 unspecified atom stereocenters. The van der Waals surface area contributed by atoms with Crippen molar-refractivity contribution >= 4 is 17.2 Å². The largest absolute Gasteiger partial charge is 0.507 e. The number of benzene rings is 3. The van der Waals surface area contributed by atoms with Crippen molar-refractivity contribution in [3.8, 4) is 11.5 Å². The first-order valence-electron chi connectivity index (χ1n) is 8.66. The molecule has 0 radical (unpaired) electrons. The summed E-state index contributed by atoms with van der Waals surface area (Å²) in [6.07, 6.45) is 0. The molecule has 0 aromatic heterocycles. The highest BCUT2D eigenvalue weighted by molar-refractivity contribution is 6.11. The number of rotatable bonds is 6. The molecule has 0 amide bonds. The highest BCUT2D eigenvalue weighted by atomic mass is 16.5. The molecule has 3 aromatic carbocycles. The van der Waals surface area contributed by atoms with E-state index in [2.05, 4.69) is 10.2 Å². The van der Waals surface area contributed by atoms with E-state index in [1.165, 1.54) is 12.1 Å². The Hall–Kier alpha value is -3.47. The SMILES string of the molecule is CCOc1cc(O)c(C(=O)c2ccccc2)cc1N=Nc1ccc(C)cc1. The number of nitrogens with zero attached hydrogens (tertiary/aromatic N) is 2. The van der Waals surface area contributed by atoms with Gasteiger partial charge >= 0.3 is 0 Å². The highest BCUT2D eigenvalue weighted by Gasteiger charge is 2.17. The van der Waals surface area contributed by atoms with Crippen LogP contribution in [0.1, 0.15) is 28.4 Å². The molecule has 5 heteroatoms. The molecule has 0 spiro atoms. The zero-order valence-electron chi connectivity index (χ0n) is 15.2. The molecule has 0 bridgehead atoms. The van der Waals surface area contributed by atoms with Crippen molar-refractivity contribution in [1.29, 1.82) is 0 Å². The lowest BCUT2D eigenvalue weighted by atomic mass is 10.0.